The van der Waals surface area contributed by atoms with Gasteiger partial charge in [0.2, 0.25) is 11.1 Å². The van der Waals surface area contributed by atoms with Gasteiger partial charge in [-0.2, -0.15) is 4.68 Å². The van der Waals surface area contributed by atoms with E-state index in [-0.39, 0.29) is 11.7 Å². The second-order valence-electron chi connectivity index (χ2n) is 4.56. The molecule has 1 heterocycles. The van der Waals surface area contributed by atoms with Gasteiger partial charge >= 0.3 is 0 Å². The number of halogens is 1. The van der Waals surface area contributed by atoms with Gasteiger partial charge in [0, 0.05) is 9.26 Å². The molecule has 1 amide bonds. The Morgan fingerprint density at radius 1 is 1.17 bits per heavy atom. The zero-order valence-corrected chi connectivity index (χ0v) is 14.9. The van der Waals surface area contributed by atoms with Gasteiger partial charge < -0.3 is 5.32 Å². The van der Waals surface area contributed by atoms with Gasteiger partial charge in [0.1, 0.15) is 0 Å². The van der Waals surface area contributed by atoms with Crippen molar-refractivity contribution in [1.82, 2.24) is 20.2 Å². The lowest BCUT2D eigenvalue weighted by Gasteiger charge is -2.06. The summed E-state index contributed by atoms with van der Waals surface area (Å²) < 4.78 is 2.68. The minimum atomic E-state index is -0.0976. The van der Waals surface area contributed by atoms with Crippen molar-refractivity contribution in [3.8, 4) is 5.69 Å². The number of aromatic nitrogens is 4. The van der Waals surface area contributed by atoms with Crippen LogP contribution in [0.5, 0.6) is 0 Å². The highest BCUT2D eigenvalue weighted by molar-refractivity contribution is 14.1. The molecule has 2 aromatic carbocycles. The zero-order valence-electron chi connectivity index (χ0n) is 11.9. The minimum absolute atomic E-state index is 0.0976. The SMILES string of the molecule is O=C(CSc1nnnn1-c1ccccc1)Nc1cccc(I)c1. The van der Waals surface area contributed by atoms with Crippen LogP contribution in [0.4, 0.5) is 5.69 Å². The lowest BCUT2D eigenvalue weighted by atomic mass is 10.3. The van der Waals surface area contributed by atoms with E-state index in [2.05, 4.69) is 43.4 Å². The van der Waals surface area contributed by atoms with Crippen LogP contribution in [0, 0.1) is 3.57 Å². The number of amides is 1. The molecule has 3 aromatic rings. The maximum atomic E-state index is 12.1. The number of tetrazole rings is 1. The summed E-state index contributed by atoms with van der Waals surface area (Å²) in [6.07, 6.45) is 0. The standard InChI is InChI=1S/C15H12IN5OS/c16-11-5-4-6-12(9-11)17-14(22)10-23-15-18-19-20-21(15)13-7-2-1-3-8-13/h1-9H,10H2,(H,17,22). The van der Waals surface area contributed by atoms with Crippen LogP contribution in [-0.2, 0) is 4.79 Å². The Balaban J connectivity index is 1.63. The van der Waals surface area contributed by atoms with Gasteiger partial charge in [0.25, 0.3) is 0 Å². The van der Waals surface area contributed by atoms with Crippen LogP contribution in [0.2, 0.25) is 0 Å². The normalized spacial score (nSPS) is 10.5. The van der Waals surface area contributed by atoms with Crippen molar-refractivity contribution >= 4 is 45.9 Å². The van der Waals surface area contributed by atoms with Crippen LogP contribution >= 0.6 is 34.4 Å². The van der Waals surface area contributed by atoms with Gasteiger partial charge in [0.05, 0.1) is 11.4 Å². The second-order valence-corrected chi connectivity index (χ2v) is 6.74. The summed E-state index contributed by atoms with van der Waals surface area (Å²) in [7, 11) is 0. The lowest BCUT2D eigenvalue weighted by molar-refractivity contribution is -0.113. The highest BCUT2D eigenvalue weighted by Gasteiger charge is 2.11. The molecule has 8 heteroatoms. The molecule has 0 atom stereocenters. The van der Waals surface area contributed by atoms with Crippen molar-refractivity contribution in [2.45, 2.75) is 5.16 Å². The molecule has 116 valence electrons. The fraction of sp³-hybridized carbons (Fsp3) is 0.0667. The third-order valence-corrected chi connectivity index (χ3v) is 4.47. The number of hydrogen-bond acceptors (Lipinski definition) is 5. The largest absolute Gasteiger partial charge is 0.325 e. The maximum Gasteiger partial charge on any atom is 0.234 e. The molecule has 0 aliphatic rings. The maximum absolute atomic E-state index is 12.1. The third kappa shape index (κ3) is 4.29. The van der Waals surface area contributed by atoms with Gasteiger partial charge in [-0.25, -0.2) is 0 Å². The van der Waals surface area contributed by atoms with Gasteiger partial charge in [-0.1, -0.05) is 36.0 Å². The number of para-hydroxylation sites is 1. The molecule has 0 radical (unpaired) electrons. The molecule has 0 saturated heterocycles. The number of nitrogens with zero attached hydrogens (tertiary/aromatic N) is 4. The number of hydrogen-bond donors (Lipinski definition) is 1. The summed E-state index contributed by atoms with van der Waals surface area (Å²) in [4.78, 5) is 12.1. The summed E-state index contributed by atoms with van der Waals surface area (Å²) in [6, 6.07) is 17.2. The smallest absolute Gasteiger partial charge is 0.234 e. The Labute approximate surface area is 150 Å². The predicted molar refractivity (Wildman–Crippen MR) is 97.7 cm³/mol. The molecule has 3 rings (SSSR count). The molecule has 0 spiro atoms. The summed E-state index contributed by atoms with van der Waals surface area (Å²) in [5.74, 6) is 0.137. The van der Waals surface area contributed by atoms with E-state index in [1.54, 1.807) is 4.68 Å². The molecular formula is C15H12IN5OS. The minimum Gasteiger partial charge on any atom is -0.325 e. The van der Waals surface area contributed by atoms with Crippen LogP contribution in [-0.4, -0.2) is 31.9 Å². The van der Waals surface area contributed by atoms with Crippen molar-refractivity contribution in [2.75, 3.05) is 11.1 Å². The van der Waals surface area contributed by atoms with Crippen LogP contribution in [0.1, 0.15) is 0 Å². The molecule has 0 unspecified atom stereocenters. The summed E-state index contributed by atoms with van der Waals surface area (Å²) in [5.41, 5.74) is 1.64. The first-order valence-corrected chi connectivity index (χ1v) is 8.81. The molecule has 1 N–H and O–H groups in total. The van der Waals surface area contributed by atoms with Gasteiger partial charge in [-0.05, 0) is 63.3 Å². The quantitative estimate of drug-likeness (QED) is 0.491. The predicted octanol–water partition coefficient (Wildman–Crippen LogP) is 3.00. The number of anilines is 1. The van der Waals surface area contributed by atoms with E-state index in [0.29, 0.717) is 5.16 Å². The highest BCUT2D eigenvalue weighted by Crippen LogP contribution is 2.18. The van der Waals surface area contributed by atoms with Gasteiger partial charge in [0.15, 0.2) is 0 Å². The van der Waals surface area contributed by atoms with E-state index in [1.807, 2.05) is 54.6 Å². The Morgan fingerprint density at radius 2 is 2.00 bits per heavy atom. The van der Waals surface area contributed by atoms with Crippen LogP contribution in [0.3, 0.4) is 0 Å². The Bertz CT molecular complexity index is 808. The van der Waals surface area contributed by atoms with Gasteiger partial charge in [-0.15, -0.1) is 5.10 Å². The number of nitrogens with one attached hydrogen (secondary N) is 1. The molecule has 0 fully saturated rings. The molecule has 6 nitrogen and oxygen atoms in total. The van der Waals surface area contributed by atoms with Gasteiger partial charge in [-0.3, -0.25) is 4.79 Å². The number of benzene rings is 2. The van der Waals surface area contributed by atoms with Crippen LogP contribution in [0.15, 0.2) is 59.8 Å². The first-order valence-electron chi connectivity index (χ1n) is 6.74. The monoisotopic (exact) mass is 437 g/mol. The summed E-state index contributed by atoms with van der Waals surface area (Å²) >= 11 is 3.50. The van der Waals surface area contributed by atoms with E-state index in [9.17, 15) is 4.79 Å². The second kappa shape index (κ2) is 7.55. The van der Waals surface area contributed by atoms with E-state index < -0.39 is 0 Å². The van der Waals surface area contributed by atoms with Crippen molar-refractivity contribution in [3.05, 3.63) is 58.2 Å². The lowest BCUT2D eigenvalue weighted by Crippen LogP contribution is -2.14. The molecule has 0 aliphatic carbocycles. The Morgan fingerprint density at radius 3 is 2.78 bits per heavy atom. The summed E-state index contributed by atoms with van der Waals surface area (Å²) in [6.45, 7) is 0. The van der Waals surface area contributed by atoms with E-state index >= 15 is 0 Å². The molecule has 23 heavy (non-hydrogen) atoms. The topological polar surface area (TPSA) is 72.7 Å². The number of rotatable bonds is 5. The van der Waals surface area contributed by atoms with Crippen LogP contribution < -0.4 is 5.32 Å². The number of thioether (sulfide) groups is 1. The highest BCUT2D eigenvalue weighted by atomic mass is 127. The van der Waals surface area contributed by atoms with E-state index in [1.165, 1.54) is 11.8 Å². The van der Waals surface area contributed by atoms with Crippen LogP contribution in [0.25, 0.3) is 5.69 Å². The molecule has 0 bridgehead atoms. The van der Waals surface area contributed by atoms with Crippen molar-refractivity contribution in [3.63, 3.8) is 0 Å². The number of carbonyl (C=O) groups excluding carboxylic acids is 1. The molecular weight excluding hydrogens is 425 g/mol. The first-order chi connectivity index (χ1) is 11.2. The van der Waals surface area contributed by atoms with Crippen molar-refractivity contribution in [1.29, 1.82) is 0 Å². The van der Waals surface area contributed by atoms with Crippen molar-refractivity contribution < 1.29 is 4.79 Å². The molecule has 0 aliphatic heterocycles. The van der Waals surface area contributed by atoms with E-state index in [4.69, 9.17) is 0 Å². The fourth-order valence-corrected chi connectivity index (χ4v) is 3.13. The molecule has 1 aromatic heterocycles. The molecule has 0 saturated carbocycles. The van der Waals surface area contributed by atoms with E-state index in [0.717, 1.165) is 14.9 Å². The van der Waals surface area contributed by atoms with Crippen molar-refractivity contribution in [2.24, 2.45) is 0 Å². The average Bonchev–Trinajstić information content (AvgIpc) is 3.02. The number of carbonyl (C=O) groups is 1. The fourth-order valence-electron chi connectivity index (χ4n) is 1.89. The first kappa shape index (κ1) is 15.9. The Hall–Kier alpha value is -1.94. The summed E-state index contributed by atoms with van der Waals surface area (Å²) in [5, 5.41) is 15.1. The Kier molecular flexibility index (Phi) is 5.23. The zero-order chi connectivity index (χ0) is 16.1. The average molecular weight is 437 g/mol. The third-order valence-electron chi connectivity index (χ3n) is 2.88.